The minimum Gasteiger partial charge on any atom is -0.369 e. The molecule has 0 atom stereocenters. The van der Waals surface area contributed by atoms with E-state index in [9.17, 15) is 13.2 Å². The van der Waals surface area contributed by atoms with Crippen LogP contribution in [0, 0.1) is 0 Å². The van der Waals surface area contributed by atoms with Gasteiger partial charge in [-0.05, 0) is 25.9 Å². The van der Waals surface area contributed by atoms with E-state index in [1.807, 2.05) is 0 Å². The second kappa shape index (κ2) is 20.3. The Hall–Kier alpha value is -0.620. The first-order chi connectivity index (χ1) is 14.4. The number of unbranched alkanes of at least 4 members (excludes halogenated alkanes) is 14. The highest BCUT2D eigenvalue weighted by molar-refractivity contribution is 7.92. The molecule has 0 aliphatic carbocycles. The number of carbonyl (C=O) groups is 1. The lowest BCUT2D eigenvalue weighted by Gasteiger charge is -2.22. The van der Waals surface area contributed by atoms with Gasteiger partial charge in [0, 0.05) is 6.54 Å². The molecule has 0 aromatic carbocycles. The summed E-state index contributed by atoms with van der Waals surface area (Å²) in [6, 6.07) is 0. The van der Waals surface area contributed by atoms with E-state index in [0.29, 0.717) is 6.54 Å². The summed E-state index contributed by atoms with van der Waals surface area (Å²) in [5.74, 6) is -1.26. The Morgan fingerprint density at radius 3 is 1.37 bits per heavy atom. The maximum Gasteiger partial charge on any atom is 0.232 e. The smallest absolute Gasteiger partial charge is 0.232 e. The Balaban J connectivity index is 4.14. The van der Waals surface area contributed by atoms with Crippen molar-refractivity contribution in [1.82, 2.24) is 4.90 Å². The molecule has 0 aromatic heterocycles. The first-order valence-electron chi connectivity index (χ1n) is 12.6. The zero-order valence-corrected chi connectivity index (χ0v) is 20.8. The molecule has 0 aliphatic rings. The van der Waals surface area contributed by atoms with Gasteiger partial charge in [0.2, 0.25) is 5.91 Å². The minimum absolute atomic E-state index is 0.0317. The Labute approximate surface area is 187 Å². The lowest BCUT2D eigenvalue weighted by molar-refractivity contribution is -0.115. The molecule has 0 aromatic rings. The van der Waals surface area contributed by atoms with Crippen molar-refractivity contribution in [3.05, 3.63) is 0 Å². The lowest BCUT2D eigenvalue weighted by atomic mass is 10.1. The molecule has 0 spiro atoms. The summed E-state index contributed by atoms with van der Waals surface area (Å²) in [6.45, 7) is 6.91. The average molecular weight is 447 g/mol. The summed E-state index contributed by atoms with van der Waals surface area (Å²) in [6.07, 6.45) is 20.5. The van der Waals surface area contributed by atoms with E-state index in [2.05, 4.69) is 18.7 Å². The zero-order chi connectivity index (χ0) is 22.5. The Morgan fingerprint density at radius 2 is 1.00 bits per heavy atom. The molecule has 0 aliphatic heterocycles. The predicted octanol–water partition coefficient (Wildman–Crippen LogP) is 5.47. The molecule has 0 radical (unpaired) electrons. The fourth-order valence-corrected chi connectivity index (χ4v) is 4.95. The molecule has 30 heavy (non-hydrogen) atoms. The molecule has 5 nitrogen and oxygen atoms in total. The molecular weight excluding hydrogens is 396 g/mol. The van der Waals surface area contributed by atoms with Gasteiger partial charge in [-0.25, -0.2) is 8.42 Å². The van der Waals surface area contributed by atoms with Crippen LogP contribution < -0.4 is 5.73 Å². The quantitative estimate of drug-likeness (QED) is 0.211. The summed E-state index contributed by atoms with van der Waals surface area (Å²) in [4.78, 5) is 13.2. The second-order valence-electron chi connectivity index (χ2n) is 8.85. The number of rotatable bonds is 23. The molecule has 0 unspecified atom stereocenters. The van der Waals surface area contributed by atoms with Crippen LogP contribution >= 0.6 is 0 Å². The van der Waals surface area contributed by atoms with Crippen molar-refractivity contribution in [3.8, 4) is 0 Å². The normalized spacial score (nSPS) is 12.0. The van der Waals surface area contributed by atoms with Crippen LogP contribution in [0.15, 0.2) is 0 Å². The molecule has 0 heterocycles. The van der Waals surface area contributed by atoms with Crippen LogP contribution in [0.2, 0.25) is 0 Å². The highest BCUT2D eigenvalue weighted by Crippen LogP contribution is 2.11. The van der Waals surface area contributed by atoms with Crippen molar-refractivity contribution in [1.29, 1.82) is 0 Å². The van der Waals surface area contributed by atoms with E-state index in [0.717, 1.165) is 25.9 Å². The van der Waals surface area contributed by atoms with Crippen LogP contribution in [-0.4, -0.2) is 50.4 Å². The Kier molecular flexibility index (Phi) is 19.9. The fraction of sp³-hybridized carbons (Fsp3) is 0.958. The van der Waals surface area contributed by atoms with Crippen molar-refractivity contribution < 1.29 is 13.2 Å². The average Bonchev–Trinajstić information content (AvgIpc) is 2.68. The third kappa shape index (κ3) is 20.6. The maximum atomic E-state index is 12.0. The van der Waals surface area contributed by atoms with E-state index in [4.69, 9.17) is 5.73 Å². The number of carbonyl (C=O) groups excluding carboxylic acids is 1. The van der Waals surface area contributed by atoms with Gasteiger partial charge in [-0.3, -0.25) is 4.79 Å². The summed E-state index contributed by atoms with van der Waals surface area (Å²) in [5, 5.41) is 0. The SMILES string of the molecule is CCCCCCCCCCN(CCCCCCCCCC)CCS(=O)(=O)CC(N)=O. The van der Waals surface area contributed by atoms with Gasteiger partial charge < -0.3 is 10.6 Å². The standard InChI is InChI=1S/C24H50N2O3S/c1-3-5-7-9-11-13-15-17-19-26(21-22-30(28,29)23-24(25)27)20-18-16-14-12-10-8-6-4-2/h3-23H2,1-2H3,(H2,25,27). The van der Waals surface area contributed by atoms with Gasteiger partial charge in [0.15, 0.2) is 9.84 Å². The minimum atomic E-state index is -3.39. The van der Waals surface area contributed by atoms with Gasteiger partial charge in [-0.2, -0.15) is 0 Å². The van der Waals surface area contributed by atoms with E-state index in [1.165, 1.54) is 89.9 Å². The van der Waals surface area contributed by atoms with Gasteiger partial charge in [0.1, 0.15) is 5.75 Å². The summed E-state index contributed by atoms with van der Waals surface area (Å²) >= 11 is 0. The molecule has 0 fully saturated rings. The summed E-state index contributed by atoms with van der Waals surface area (Å²) in [7, 11) is -3.39. The van der Waals surface area contributed by atoms with Crippen LogP contribution in [0.1, 0.15) is 117 Å². The molecule has 1 amide bonds. The van der Waals surface area contributed by atoms with Gasteiger partial charge in [-0.1, -0.05) is 104 Å². The van der Waals surface area contributed by atoms with Crippen LogP contribution in [-0.2, 0) is 14.6 Å². The van der Waals surface area contributed by atoms with Crippen LogP contribution in [0.3, 0.4) is 0 Å². The Bertz CT molecular complexity index is 475. The van der Waals surface area contributed by atoms with Crippen molar-refractivity contribution in [2.24, 2.45) is 5.73 Å². The van der Waals surface area contributed by atoms with Crippen molar-refractivity contribution in [3.63, 3.8) is 0 Å². The van der Waals surface area contributed by atoms with E-state index in [1.54, 1.807) is 0 Å². The maximum absolute atomic E-state index is 12.0. The van der Waals surface area contributed by atoms with Gasteiger partial charge in [0.25, 0.3) is 0 Å². The van der Waals surface area contributed by atoms with E-state index in [-0.39, 0.29) is 5.75 Å². The summed E-state index contributed by atoms with van der Waals surface area (Å²) < 4.78 is 24.0. The van der Waals surface area contributed by atoms with Gasteiger partial charge in [0.05, 0.1) is 5.75 Å². The molecule has 6 heteroatoms. The number of nitrogens with zero attached hydrogens (tertiary/aromatic N) is 1. The van der Waals surface area contributed by atoms with Crippen LogP contribution in [0.25, 0.3) is 0 Å². The van der Waals surface area contributed by atoms with Crippen LogP contribution in [0.5, 0.6) is 0 Å². The third-order valence-corrected chi connectivity index (χ3v) is 7.27. The molecular formula is C24H50N2O3S. The highest BCUT2D eigenvalue weighted by Gasteiger charge is 2.16. The molecule has 0 saturated carbocycles. The first-order valence-corrected chi connectivity index (χ1v) is 14.4. The molecule has 180 valence electrons. The summed E-state index contributed by atoms with van der Waals surface area (Å²) in [5.41, 5.74) is 5.07. The monoisotopic (exact) mass is 446 g/mol. The number of sulfone groups is 1. The topological polar surface area (TPSA) is 80.5 Å². The Morgan fingerprint density at radius 1 is 0.633 bits per heavy atom. The highest BCUT2D eigenvalue weighted by atomic mass is 32.2. The molecule has 0 saturated heterocycles. The fourth-order valence-electron chi connectivity index (χ4n) is 3.83. The van der Waals surface area contributed by atoms with Crippen molar-refractivity contribution in [2.75, 3.05) is 31.1 Å². The second-order valence-corrected chi connectivity index (χ2v) is 11.0. The largest absolute Gasteiger partial charge is 0.369 e. The number of hydrogen-bond acceptors (Lipinski definition) is 4. The molecule has 2 N–H and O–H groups in total. The first kappa shape index (κ1) is 29.4. The number of amides is 1. The van der Waals surface area contributed by atoms with E-state index >= 15 is 0 Å². The number of primary amides is 1. The van der Waals surface area contributed by atoms with Crippen molar-refractivity contribution >= 4 is 15.7 Å². The van der Waals surface area contributed by atoms with E-state index < -0.39 is 21.5 Å². The van der Waals surface area contributed by atoms with Crippen LogP contribution in [0.4, 0.5) is 0 Å². The number of hydrogen-bond donors (Lipinski definition) is 1. The van der Waals surface area contributed by atoms with Gasteiger partial charge >= 0.3 is 0 Å². The van der Waals surface area contributed by atoms with Crippen molar-refractivity contribution in [2.45, 2.75) is 117 Å². The lowest BCUT2D eigenvalue weighted by Crippen LogP contribution is -2.34. The van der Waals surface area contributed by atoms with Gasteiger partial charge in [-0.15, -0.1) is 0 Å². The third-order valence-electron chi connectivity index (χ3n) is 5.74. The zero-order valence-electron chi connectivity index (χ0n) is 20.0. The molecule has 0 rings (SSSR count). The molecule has 0 bridgehead atoms. The predicted molar refractivity (Wildman–Crippen MR) is 130 cm³/mol. The number of nitrogens with two attached hydrogens (primary N) is 1.